The third-order valence-electron chi connectivity index (χ3n) is 5.23. The van der Waals surface area contributed by atoms with Crippen molar-refractivity contribution in [1.29, 1.82) is 0 Å². The molecule has 3 aliphatic rings. The van der Waals surface area contributed by atoms with Gasteiger partial charge in [-0.05, 0) is 63.5 Å². The molecule has 0 spiro atoms. The first-order chi connectivity index (χ1) is 8.92. The maximum atomic E-state index is 3.50. The van der Waals surface area contributed by atoms with Crippen molar-refractivity contribution in [2.75, 3.05) is 26.2 Å². The van der Waals surface area contributed by atoms with Gasteiger partial charge in [-0.2, -0.15) is 0 Å². The highest BCUT2D eigenvalue weighted by molar-refractivity contribution is 4.85. The average Bonchev–Trinajstić information content (AvgIpc) is 3.24. The van der Waals surface area contributed by atoms with Crippen LogP contribution in [-0.2, 0) is 0 Å². The Labute approximate surface area is 113 Å². The van der Waals surface area contributed by atoms with E-state index in [9.17, 15) is 0 Å². The predicted octanol–water partition coefficient (Wildman–Crippen LogP) is 3.03. The summed E-state index contributed by atoms with van der Waals surface area (Å²) in [5, 5.41) is 3.50. The molecule has 104 valence electrons. The van der Waals surface area contributed by atoms with Crippen LogP contribution in [0.3, 0.4) is 0 Å². The lowest BCUT2D eigenvalue weighted by Gasteiger charge is -2.38. The second-order valence-electron chi connectivity index (χ2n) is 6.88. The smallest absolute Gasteiger partial charge is 0.00954 e. The van der Waals surface area contributed by atoms with Gasteiger partial charge in [0.1, 0.15) is 0 Å². The quantitative estimate of drug-likeness (QED) is 0.807. The molecule has 3 fully saturated rings. The summed E-state index contributed by atoms with van der Waals surface area (Å²) in [6, 6.07) is 0.939. The summed E-state index contributed by atoms with van der Waals surface area (Å²) in [7, 11) is 0. The van der Waals surface area contributed by atoms with Crippen molar-refractivity contribution in [3.05, 3.63) is 0 Å². The topological polar surface area (TPSA) is 15.3 Å². The monoisotopic (exact) mass is 250 g/mol. The molecule has 2 aliphatic carbocycles. The van der Waals surface area contributed by atoms with E-state index in [-0.39, 0.29) is 0 Å². The molecule has 18 heavy (non-hydrogen) atoms. The summed E-state index contributed by atoms with van der Waals surface area (Å²) in [5.74, 6) is 2.04. The fourth-order valence-corrected chi connectivity index (χ4v) is 3.85. The van der Waals surface area contributed by atoms with Gasteiger partial charge >= 0.3 is 0 Å². The average molecular weight is 250 g/mol. The minimum atomic E-state index is 0.939. The number of piperidine rings is 1. The molecule has 0 radical (unpaired) electrons. The molecule has 1 saturated heterocycles. The highest BCUT2D eigenvalue weighted by atomic mass is 15.2. The van der Waals surface area contributed by atoms with Gasteiger partial charge in [0.05, 0.1) is 0 Å². The molecule has 2 saturated carbocycles. The largest absolute Gasteiger partial charge is 0.317 e. The Morgan fingerprint density at radius 3 is 1.94 bits per heavy atom. The zero-order valence-corrected chi connectivity index (χ0v) is 11.9. The molecule has 0 unspecified atom stereocenters. The van der Waals surface area contributed by atoms with E-state index in [1.54, 1.807) is 0 Å². The van der Waals surface area contributed by atoms with Crippen LogP contribution in [0.5, 0.6) is 0 Å². The van der Waals surface area contributed by atoms with Crippen molar-refractivity contribution in [2.45, 2.75) is 63.8 Å². The van der Waals surface area contributed by atoms with Gasteiger partial charge in [-0.1, -0.05) is 19.3 Å². The highest BCUT2D eigenvalue weighted by Crippen LogP contribution is 2.33. The van der Waals surface area contributed by atoms with Crippen LogP contribution in [0.25, 0.3) is 0 Å². The highest BCUT2D eigenvalue weighted by Gasteiger charge is 2.30. The third-order valence-corrected chi connectivity index (χ3v) is 5.23. The molecular formula is C16H30N2. The Balaban J connectivity index is 1.53. The molecule has 3 rings (SSSR count). The number of hydrogen-bond donors (Lipinski definition) is 1. The van der Waals surface area contributed by atoms with Crippen LogP contribution in [0.1, 0.15) is 57.8 Å². The van der Waals surface area contributed by atoms with Gasteiger partial charge in [0.15, 0.2) is 0 Å². The lowest BCUT2D eigenvalue weighted by Crippen LogP contribution is -2.43. The van der Waals surface area contributed by atoms with Gasteiger partial charge in [-0.25, -0.2) is 0 Å². The maximum Gasteiger partial charge on any atom is 0.00954 e. The van der Waals surface area contributed by atoms with E-state index in [0.717, 1.165) is 17.9 Å². The van der Waals surface area contributed by atoms with Crippen LogP contribution < -0.4 is 5.32 Å². The van der Waals surface area contributed by atoms with Gasteiger partial charge in [-0.15, -0.1) is 0 Å². The summed E-state index contributed by atoms with van der Waals surface area (Å²) < 4.78 is 0. The summed E-state index contributed by atoms with van der Waals surface area (Å²) in [4.78, 5) is 2.91. The molecular weight excluding hydrogens is 220 g/mol. The molecule has 2 heteroatoms. The molecule has 0 aromatic heterocycles. The predicted molar refractivity (Wildman–Crippen MR) is 76.8 cm³/mol. The van der Waals surface area contributed by atoms with Gasteiger partial charge in [0.2, 0.25) is 0 Å². The van der Waals surface area contributed by atoms with Crippen LogP contribution >= 0.6 is 0 Å². The summed E-state index contributed by atoms with van der Waals surface area (Å²) in [5.41, 5.74) is 0. The van der Waals surface area contributed by atoms with E-state index < -0.39 is 0 Å². The number of rotatable bonds is 5. The van der Waals surface area contributed by atoms with Gasteiger partial charge in [-0.3, -0.25) is 4.90 Å². The van der Waals surface area contributed by atoms with E-state index in [1.165, 1.54) is 84.0 Å². The standard InChI is InChI=1S/C16H30N2/c1-2-4-16(5-3-1)18(12-14-6-7-14)13-15-8-10-17-11-9-15/h14-17H,1-13H2. The van der Waals surface area contributed by atoms with Crippen molar-refractivity contribution >= 4 is 0 Å². The number of nitrogens with one attached hydrogen (secondary N) is 1. The zero-order chi connectivity index (χ0) is 12.2. The van der Waals surface area contributed by atoms with Crippen LogP contribution in [0.15, 0.2) is 0 Å². The van der Waals surface area contributed by atoms with Crippen molar-refractivity contribution in [1.82, 2.24) is 10.2 Å². The second kappa shape index (κ2) is 6.38. The molecule has 1 N–H and O–H groups in total. The fourth-order valence-electron chi connectivity index (χ4n) is 3.85. The molecule has 0 amide bonds. The number of hydrogen-bond acceptors (Lipinski definition) is 2. The Hall–Kier alpha value is -0.0800. The van der Waals surface area contributed by atoms with E-state index in [4.69, 9.17) is 0 Å². The lowest BCUT2D eigenvalue weighted by atomic mass is 9.91. The summed E-state index contributed by atoms with van der Waals surface area (Å²) in [6.45, 7) is 5.34. The van der Waals surface area contributed by atoms with Crippen LogP contribution in [0.2, 0.25) is 0 Å². The van der Waals surface area contributed by atoms with E-state index in [1.807, 2.05) is 0 Å². The van der Waals surface area contributed by atoms with Gasteiger partial charge < -0.3 is 5.32 Å². The molecule has 2 nitrogen and oxygen atoms in total. The molecule has 1 aliphatic heterocycles. The van der Waals surface area contributed by atoms with Gasteiger partial charge in [0.25, 0.3) is 0 Å². The van der Waals surface area contributed by atoms with Crippen LogP contribution in [0, 0.1) is 11.8 Å². The van der Waals surface area contributed by atoms with Crippen molar-refractivity contribution < 1.29 is 0 Å². The second-order valence-corrected chi connectivity index (χ2v) is 6.88. The van der Waals surface area contributed by atoms with E-state index in [2.05, 4.69) is 10.2 Å². The van der Waals surface area contributed by atoms with E-state index in [0.29, 0.717) is 0 Å². The Kier molecular flexibility index (Phi) is 4.58. The molecule has 0 aromatic carbocycles. The molecule has 1 heterocycles. The fraction of sp³-hybridized carbons (Fsp3) is 1.00. The van der Waals surface area contributed by atoms with Crippen molar-refractivity contribution in [3.63, 3.8) is 0 Å². The first-order valence-electron chi connectivity index (χ1n) is 8.36. The molecule has 0 aromatic rings. The van der Waals surface area contributed by atoms with Crippen LogP contribution in [0.4, 0.5) is 0 Å². The SMILES string of the molecule is C1CCC(N(CC2CCNCC2)CC2CC2)CC1. The Morgan fingerprint density at radius 1 is 0.722 bits per heavy atom. The Morgan fingerprint density at radius 2 is 1.33 bits per heavy atom. The van der Waals surface area contributed by atoms with Crippen molar-refractivity contribution in [2.24, 2.45) is 11.8 Å². The van der Waals surface area contributed by atoms with E-state index >= 15 is 0 Å². The minimum Gasteiger partial charge on any atom is -0.317 e. The zero-order valence-electron chi connectivity index (χ0n) is 11.9. The summed E-state index contributed by atoms with van der Waals surface area (Å²) in [6.07, 6.45) is 13.3. The first kappa shape index (κ1) is 12.9. The minimum absolute atomic E-state index is 0.939. The maximum absolute atomic E-state index is 3.50. The lowest BCUT2D eigenvalue weighted by molar-refractivity contribution is 0.117. The molecule has 0 bridgehead atoms. The summed E-state index contributed by atoms with van der Waals surface area (Å²) >= 11 is 0. The number of nitrogens with zero attached hydrogens (tertiary/aromatic N) is 1. The van der Waals surface area contributed by atoms with Crippen LogP contribution in [-0.4, -0.2) is 37.1 Å². The Bertz CT molecular complexity index is 237. The van der Waals surface area contributed by atoms with Gasteiger partial charge in [0, 0.05) is 19.1 Å². The third kappa shape index (κ3) is 3.71. The molecule has 0 atom stereocenters. The first-order valence-corrected chi connectivity index (χ1v) is 8.36. The normalized spacial score (nSPS) is 27.8. The van der Waals surface area contributed by atoms with Crippen molar-refractivity contribution in [3.8, 4) is 0 Å².